The fourth-order valence-electron chi connectivity index (χ4n) is 3.53. The zero-order valence-electron chi connectivity index (χ0n) is 14.8. The maximum Gasteiger partial charge on any atom is 0.151 e. The Morgan fingerprint density at radius 2 is 1.69 bits per heavy atom. The normalized spacial score (nSPS) is 20.0. The van der Waals surface area contributed by atoms with E-state index in [0.29, 0.717) is 6.42 Å². The van der Waals surface area contributed by atoms with Gasteiger partial charge in [-0.15, -0.1) is 0 Å². The van der Waals surface area contributed by atoms with E-state index < -0.39 is 5.92 Å². The number of methoxy groups -OCH3 is 1. The fraction of sp³-hybridized carbons (Fsp3) is 0.318. The van der Waals surface area contributed by atoms with Crippen molar-refractivity contribution in [2.24, 2.45) is 5.92 Å². The predicted molar refractivity (Wildman–Crippen MR) is 98.2 cm³/mol. The van der Waals surface area contributed by atoms with Crippen LogP contribution >= 0.6 is 0 Å². The lowest BCUT2D eigenvalue weighted by Crippen LogP contribution is -2.38. The average Bonchev–Trinajstić information content (AvgIpc) is 2.66. The maximum atomic E-state index is 12.5. The van der Waals surface area contributed by atoms with E-state index in [4.69, 9.17) is 4.74 Å². The van der Waals surface area contributed by atoms with Gasteiger partial charge in [-0.3, -0.25) is 14.4 Å². The lowest BCUT2D eigenvalue weighted by Gasteiger charge is -2.26. The zero-order valence-corrected chi connectivity index (χ0v) is 14.8. The molecule has 26 heavy (non-hydrogen) atoms. The highest BCUT2D eigenvalue weighted by Crippen LogP contribution is 2.32. The van der Waals surface area contributed by atoms with Crippen LogP contribution in [0.1, 0.15) is 36.3 Å². The third-order valence-electron chi connectivity index (χ3n) is 4.93. The zero-order chi connectivity index (χ0) is 18.5. The number of ether oxygens (including phenoxy) is 1. The van der Waals surface area contributed by atoms with E-state index in [1.165, 1.54) is 0 Å². The summed E-state index contributed by atoms with van der Waals surface area (Å²) in [6.45, 7) is 0. The molecule has 1 aliphatic rings. The highest BCUT2D eigenvalue weighted by Gasteiger charge is 2.39. The monoisotopic (exact) mass is 350 g/mol. The molecule has 0 aliphatic heterocycles. The first-order valence-corrected chi connectivity index (χ1v) is 8.84. The summed E-state index contributed by atoms with van der Waals surface area (Å²) in [6, 6.07) is 17.0. The lowest BCUT2D eigenvalue weighted by atomic mass is 9.74. The van der Waals surface area contributed by atoms with Gasteiger partial charge in [-0.2, -0.15) is 0 Å². The molecule has 0 heterocycles. The van der Waals surface area contributed by atoms with Gasteiger partial charge in [0, 0.05) is 19.3 Å². The standard InChI is InChI=1S/C22H22O4/c1-26-18-9-5-6-15(12-18)10-11-19(23)22-20(24)13-17(14-21(22)25)16-7-3-2-4-8-16/h2-9,12,17,22H,10-11,13-14H2,1H3. The molecule has 3 rings (SSSR count). The van der Waals surface area contributed by atoms with Crippen LogP contribution < -0.4 is 4.74 Å². The molecule has 1 fully saturated rings. The van der Waals surface area contributed by atoms with Crippen molar-refractivity contribution in [2.45, 2.75) is 31.6 Å². The summed E-state index contributed by atoms with van der Waals surface area (Å²) in [6.07, 6.45) is 1.19. The minimum atomic E-state index is -1.08. The van der Waals surface area contributed by atoms with Gasteiger partial charge in [-0.1, -0.05) is 42.5 Å². The van der Waals surface area contributed by atoms with Crippen molar-refractivity contribution in [3.63, 3.8) is 0 Å². The lowest BCUT2D eigenvalue weighted by molar-refractivity contribution is -0.142. The van der Waals surface area contributed by atoms with Crippen LogP contribution in [-0.2, 0) is 20.8 Å². The van der Waals surface area contributed by atoms with Crippen molar-refractivity contribution >= 4 is 17.3 Å². The number of benzene rings is 2. The second-order valence-electron chi connectivity index (χ2n) is 6.70. The van der Waals surface area contributed by atoms with E-state index in [-0.39, 0.29) is 42.5 Å². The minimum absolute atomic E-state index is 0.112. The summed E-state index contributed by atoms with van der Waals surface area (Å²) < 4.78 is 5.17. The van der Waals surface area contributed by atoms with Crippen molar-refractivity contribution in [3.05, 3.63) is 65.7 Å². The Kier molecular flexibility index (Phi) is 5.61. The van der Waals surface area contributed by atoms with E-state index in [0.717, 1.165) is 16.9 Å². The van der Waals surface area contributed by atoms with E-state index in [1.807, 2.05) is 54.6 Å². The van der Waals surface area contributed by atoms with Crippen LogP contribution in [0, 0.1) is 5.92 Å². The molecule has 0 radical (unpaired) electrons. The molecule has 0 aromatic heterocycles. The van der Waals surface area contributed by atoms with E-state index >= 15 is 0 Å². The second kappa shape index (κ2) is 8.09. The number of carbonyl (C=O) groups is 3. The quantitative estimate of drug-likeness (QED) is 0.748. The molecular formula is C22H22O4. The van der Waals surface area contributed by atoms with Crippen molar-refractivity contribution in [2.75, 3.05) is 7.11 Å². The highest BCUT2D eigenvalue weighted by atomic mass is 16.5. The van der Waals surface area contributed by atoms with Gasteiger partial charge >= 0.3 is 0 Å². The third kappa shape index (κ3) is 4.07. The molecule has 1 aliphatic carbocycles. The first-order chi connectivity index (χ1) is 12.6. The second-order valence-corrected chi connectivity index (χ2v) is 6.70. The molecule has 0 unspecified atom stereocenters. The fourth-order valence-corrected chi connectivity index (χ4v) is 3.53. The van der Waals surface area contributed by atoms with Gasteiger partial charge < -0.3 is 4.74 Å². The van der Waals surface area contributed by atoms with Crippen LogP contribution in [0.4, 0.5) is 0 Å². The highest BCUT2D eigenvalue weighted by molar-refractivity contribution is 6.21. The van der Waals surface area contributed by atoms with Crippen molar-refractivity contribution in [1.29, 1.82) is 0 Å². The van der Waals surface area contributed by atoms with Gasteiger partial charge in [0.2, 0.25) is 0 Å². The topological polar surface area (TPSA) is 60.4 Å². The van der Waals surface area contributed by atoms with Gasteiger partial charge in [0.15, 0.2) is 17.3 Å². The van der Waals surface area contributed by atoms with Crippen molar-refractivity contribution in [3.8, 4) is 5.75 Å². The van der Waals surface area contributed by atoms with Crippen LogP contribution in [0.3, 0.4) is 0 Å². The third-order valence-corrected chi connectivity index (χ3v) is 4.93. The number of Topliss-reactive ketones (excluding diaryl/α,β-unsaturated/α-hetero) is 3. The van der Waals surface area contributed by atoms with Crippen LogP contribution in [0.5, 0.6) is 5.75 Å². The molecule has 0 bridgehead atoms. The van der Waals surface area contributed by atoms with Crippen LogP contribution in [0.2, 0.25) is 0 Å². The number of ketones is 3. The molecule has 2 aromatic rings. The molecule has 1 saturated carbocycles. The molecule has 4 nitrogen and oxygen atoms in total. The Labute approximate surface area is 153 Å². The smallest absolute Gasteiger partial charge is 0.151 e. The van der Waals surface area contributed by atoms with Gasteiger partial charge in [0.05, 0.1) is 7.11 Å². The van der Waals surface area contributed by atoms with Crippen molar-refractivity contribution < 1.29 is 19.1 Å². The Morgan fingerprint density at radius 3 is 2.35 bits per heavy atom. The molecular weight excluding hydrogens is 328 g/mol. The van der Waals surface area contributed by atoms with Gasteiger partial charge in [-0.25, -0.2) is 0 Å². The Morgan fingerprint density at radius 1 is 1.00 bits per heavy atom. The Hall–Kier alpha value is -2.75. The van der Waals surface area contributed by atoms with Gasteiger partial charge in [0.1, 0.15) is 11.7 Å². The van der Waals surface area contributed by atoms with Crippen LogP contribution in [0.15, 0.2) is 54.6 Å². The van der Waals surface area contributed by atoms with E-state index in [1.54, 1.807) is 7.11 Å². The number of hydrogen-bond donors (Lipinski definition) is 0. The summed E-state index contributed by atoms with van der Waals surface area (Å²) in [7, 11) is 1.59. The average molecular weight is 350 g/mol. The summed E-state index contributed by atoms with van der Waals surface area (Å²) >= 11 is 0. The van der Waals surface area contributed by atoms with E-state index in [9.17, 15) is 14.4 Å². The summed E-state index contributed by atoms with van der Waals surface area (Å²) in [5.74, 6) is -1.23. The SMILES string of the molecule is COc1cccc(CCC(=O)C2C(=O)CC(c3ccccc3)CC2=O)c1. The summed E-state index contributed by atoms with van der Waals surface area (Å²) in [4.78, 5) is 37.5. The minimum Gasteiger partial charge on any atom is -0.497 e. The number of carbonyl (C=O) groups excluding carboxylic acids is 3. The van der Waals surface area contributed by atoms with E-state index in [2.05, 4.69) is 0 Å². The number of hydrogen-bond acceptors (Lipinski definition) is 4. The molecule has 134 valence electrons. The molecule has 4 heteroatoms. The molecule has 0 N–H and O–H groups in total. The molecule has 0 amide bonds. The summed E-state index contributed by atoms with van der Waals surface area (Å²) in [5.41, 5.74) is 1.94. The van der Waals surface area contributed by atoms with Gasteiger partial charge in [0.25, 0.3) is 0 Å². The summed E-state index contributed by atoms with van der Waals surface area (Å²) in [5, 5.41) is 0. The van der Waals surface area contributed by atoms with Crippen LogP contribution in [-0.4, -0.2) is 24.5 Å². The maximum absolute atomic E-state index is 12.5. The number of rotatable bonds is 6. The largest absolute Gasteiger partial charge is 0.497 e. The van der Waals surface area contributed by atoms with Gasteiger partial charge in [-0.05, 0) is 35.6 Å². The molecule has 0 spiro atoms. The number of aryl methyl sites for hydroxylation is 1. The molecule has 0 atom stereocenters. The first kappa shape index (κ1) is 18.1. The Balaban J connectivity index is 1.63. The Bertz CT molecular complexity index is 792. The van der Waals surface area contributed by atoms with Crippen LogP contribution in [0.25, 0.3) is 0 Å². The molecule has 2 aromatic carbocycles. The predicted octanol–water partition coefficient (Wildman–Crippen LogP) is 3.53. The molecule has 0 saturated heterocycles. The first-order valence-electron chi connectivity index (χ1n) is 8.84. The van der Waals surface area contributed by atoms with Crippen molar-refractivity contribution in [1.82, 2.24) is 0 Å².